The Kier molecular flexibility index (Phi) is 6.82. The van der Waals surface area contributed by atoms with E-state index in [0.717, 1.165) is 5.56 Å². The van der Waals surface area contributed by atoms with Crippen molar-refractivity contribution >= 4 is 17.7 Å². The molecule has 0 fully saturated rings. The minimum Gasteiger partial charge on any atom is -0.492 e. The zero-order valence-electron chi connectivity index (χ0n) is 16.4. The van der Waals surface area contributed by atoms with Crippen molar-refractivity contribution in [2.75, 3.05) is 13.7 Å². The normalized spacial score (nSPS) is 11.9. The molecule has 1 amide bonds. The van der Waals surface area contributed by atoms with Crippen LogP contribution in [0.25, 0.3) is 5.69 Å². The van der Waals surface area contributed by atoms with Gasteiger partial charge in [0.15, 0.2) is 0 Å². The monoisotopic (exact) mass is 415 g/mol. The van der Waals surface area contributed by atoms with E-state index >= 15 is 0 Å². The van der Waals surface area contributed by atoms with Crippen LogP contribution in [0.4, 0.5) is 4.39 Å². The summed E-state index contributed by atoms with van der Waals surface area (Å²) in [6, 6.07) is 13.7. The molecule has 0 bridgehead atoms. The first kappa shape index (κ1) is 20.8. The molecule has 0 aliphatic heterocycles. The smallest absolute Gasteiger partial charge is 0.235 e. The maximum Gasteiger partial charge on any atom is 0.235 e. The molecule has 3 rings (SSSR count). The van der Waals surface area contributed by atoms with Crippen LogP contribution in [0, 0.1) is 5.82 Å². The van der Waals surface area contributed by atoms with Crippen LogP contribution in [-0.2, 0) is 11.3 Å². The Morgan fingerprint density at radius 2 is 2.07 bits per heavy atom. The molecule has 0 saturated carbocycles. The predicted octanol–water partition coefficient (Wildman–Crippen LogP) is 3.34. The highest BCUT2D eigenvalue weighted by Crippen LogP contribution is 2.28. The van der Waals surface area contributed by atoms with Gasteiger partial charge >= 0.3 is 0 Å². The summed E-state index contributed by atoms with van der Waals surface area (Å²) in [5, 5.41) is 11.9. The number of rotatable bonds is 8. The number of thioether (sulfide) groups is 1. The molecule has 0 aliphatic carbocycles. The van der Waals surface area contributed by atoms with Crippen molar-refractivity contribution in [2.45, 2.75) is 30.8 Å². The van der Waals surface area contributed by atoms with Gasteiger partial charge in [-0.15, -0.1) is 5.10 Å². The van der Waals surface area contributed by atoms with Gasteiger partial charge in [0.05, 0.1) is 11.9 Å². The van der Waals surface area contributed by atoms with Gasteiger partial charge in [-0.3, -0.25) is 4.79 Å². The number of ether oxygens (including phenoxy) is 1. The molecule has 1 aromatic heterocycles. The maximum atomic E-state index is 13.4. The topological polar surface area (TPSA) is 73.1 Å². The van der Waals surface area contributed by atoms with Crippen molar-refractivity contribution in [3.05, 3.63) is 59.9 Å². The van der Waals surface area contributed by atoms with Crippen molar-refractivity contribution in [3.63, 3.8) is 0 Å². The first-order valence-electron chi connectivity index (χ1n) is 9.16. The van der Waals surface area contributed by atoms with Crippen LogP contribution in [-0.4, -0.2) is 49.9 Å². The third-order valence-electron chi connectivity index (χ3n) is 4.15. The van der Waals surface area contributed by atoms with Gasteiger partial charge in [0.2, 0.25) is 11.1 Å². The number of hydrogen-bond donors (Lipinski definition) is 0. The molecule has 7 nitrogen and oxygen atoms in total. The average Bonchev–Trinajstić information content (AvgIpc) is 3.16. The highest BCUT2D eigenvalue weighted by molar-refractivity contribution is 8.00. The molecule has 152 valence electrons. The lowest BCUT2D eigenvalue weighted by molar-refractivity contribution is -0.129. The summed E-state index contributed by atoms with van der Waals surface area (Å²) in [5.74, 6) is 0.233. The molecule has 0 radical (unpaired) electrons. The van der Waals surface area contributed by atoms with Crippen LogP contribution in [0.1, 0.15) is 19.4 Å². The Labute approximate surface area is 172 Å². The van der Waals surface area contributed by atoms with Gasteiger partial charge in [0.25, 0.3) is 0 Å². The fraction of sp³-hybridized carbons (Fsp3) is 0.300. The number of amides is 1. The fourth-order valence-corrected chi connectivity index (χ4v) is 3.73. The number of carbonyl (C=O) groups is 1. The number of halogens is 1. The molecule has 1 unspecified atom stereocenters. The molecule has 1 atom stereocenters. The second-order valence-corrected chi connectivity index (χ2v) is 7.67. The number of benzene rings is 2. The van der Waals surface area contributed by atoms with Crippen molar-refractivity contribution in [2.24, 2.45) is 0 Å². The van der Waals surface area contributed by atoms with Crippen LogP contribution in [0.3, 0.4) is 0 Å². The molecule has 0 aliphatic rings. The van der Waals surface area contributed by atoms with Gasteiger partial charge in [-0.25, -0.2) is 4.39 Å². The van der Waals surface area contributed by atoms with Gasteiger partial charge in [-0.2, -0.15) is 4.68 Å². The summed E-state index contributed by atoms with van der Waals surface area (Å²) in [5.41, 5.74) is 1.43. The Morgan fingerprint density at radius 3 is 2.83 bits per heavy atom. The van der Waals surface area contributed by atoms with E-state index in [2.05, 4.69) is 15.5 Å². The highest BCUT2D eigenvalue weighted by atomic mass is 32.2. The van der Waals surface area contributed by atoms with Crippen molar-refractivity contribution in [1.29, 1.82) is 0 Å². The maximum absolute atomic E-state index is 13.4. The zero-order chi connectivity index (χ0) is 20.8. The third kappa shape index (κ3) is 5.11. The van der Waals surface area contributed by atoms with Crippen LogP contribution < -0.4 is 4.74 Å². The Balaban J connectivity index is 1.72. The molecule has 9 heteroatoms. The number of nitrogens with zero attached hydrogens (tertiary/aromatic N) is 5. The van der Waals surface area contributed by atoms with Gasteiger partial charge in [-0.05, 0) is 54.1 Å². The van der Waals surface area contributed by atoms with Crippen molar-refractivity contribution in [1.82, 2.24) is 25.1 Å². The lowest BCUT2D eigenvalue weighted by Crippen LogP contribution is -2.33. The summed E-state index contributed by atoms with van der Waals surface area (Å²) in [7, 11) is 1.69. The molecule has 0 saturated heterocycles. The lowest BCUT2D eigenvalue weighted by Gasteiger charge is -2.21. The Hall–Kier alpha value is -2.94. The van der Waals surface area contributed by atoms with E-state index in [9.17, 15) is 9.18 Å². The standard InChI is InChI=1S/C20H22FN5O2S/c1-4-28-18-11-6-5-10-17(18)26-20(22-23-24-26)29-14(2)19(27)25(3)13-15-8-7-9-16(21)12-15/h5-12,14H,4,13H2,1-3H3. The van der Waals surface area contributed by atoms with Crippen LogP contribution in [0.5, 0.6) is 5.75 Å². The van der Waals surface area contributed by atoms with Crippen LogP contribution in [0.2, 0.25) is 0 Å². The van der Waals surface area contributed by atoms with E-state index in [1.165, 1.54) is 23.9 Å². The fourth-order valence-electron chi connectivity index (χ4n) is 2.82. The number of hydrogen-bond acceptors (Lipinski definition) is 6. The summed E-state index contributed by atoms with van der Waals surface area (Å²) < 4.78 is 20.6. The first-order chi connectivity index (χ1) is 14.0. The van der Waals surface area contributed by atoms with E-state index in [-0.39, 0.29) is 11.7 Å². The zero-order valence-corrected chi connectivity index (χ0v) is 17.3. The highest BCUT2D eigenvalue weighted by Gasteiger charge is 2.23. The third-order valence-corrected chi connectivity index (χ3v) is 5.17. The van der Waals surface area contributed by atoms with E-state index in [0.29, 0.717) is 29.7 Å². The van der Waals surface area contributed by atoms with Crippen LogP contribution in [0.15, 0.2) is 53.7 Å². The van der Waals surface area contributed by atoms with Crippen molar-refractivity contribution < 1.29 is 13.9 Å². The van der Waals surface area contributed by atoms with Crippen LogP contribution >= 0.6 is 11.8 Å². The number of carbonyl (C=O) groups excluding carboxylic acids is 1. The minimum atomic E-state index is -0.433. The molecule has 0 N–H and O–H groups in total. The number of para-hydroxylation sites is 2. The molecule has 1 heterocycles. The Bertz CT molecular complexity index is 981. The Morgan fingerprint density at radius 1 is 1.28 bits per heavy atom. The molecule has 2 aromatic carbocycles. The molecular weight excluding hydrogens is 393 g/mol. The largest absolute Gasteiger partial charge is 0.492 e. The minimum absolute atomic E-state index is 0.105. The van der Waals surface area contributed by atoms with Crippen molar-refractivity contribution in [3.8, 4) is 11.4 Å². The first-order valence-corrected chi connectivity index (χ1v) is 10.0. The lowest BCUT2D eigenvalue weighted by atomic mass is 10.2. The van der Waals surface area contributed by atoms with E-state index in [4.69, 9.17) is 4.74 Å². The number of tetrazole rings is 1. The summed E-state index contributed by atoms with van der Waals surface area (Å²) in [6.07, 6.45) is 0. The van der Waals surface area contributed by atoms with E-state index in [1.807, 2.05) is 31.2 Å². The van der Waals surface area contributed by atoms with E-state index < -0.39 is 5.25 Å². The second-order valence-electron chi connectivity index (χ2n) is 6.36. The van der Waals surface area contributed by atoms with Gasteiger partial charge < -0.3 is 9.64 Å². The predicted molar refractivity (Wildman–Crippen MR) is 109 cm³/mol. The summed E-state index contributed by atoms with van der Waals surface area (Å²) >= 11 is 1.25. The molecule has 29 heavy (non-hydrogen) atoms. The molecule has 0 spiro atoms. The SMILES string of the molecule is CCOc1ccccc1-n1nnnc1SC(C)C(=O)N(C)Cc1cccc(F)c1. The molecule has 3 aromatic rings. The van der Waals surface area contributed by atoms with E-state index in [1.54, 1.807) is 35.7 Å². The second kappa shape index (κ2) is 9.51. The average molecular weight is 415 g/mol. The summed E-state index contributed by atoms with van der Waals surface area (Å²) in [4.78, 5) is 14.3. The summed E-state index contributed by atoms with van der Waals surface area (Å²) in [6.45, 7) is 4.53. The number of aromatic nitrogens is 4. The van der Waals surface area contributed by atoms with Gasteiger partial charge in [-0.1, -0.05) is 36.0 Å². The quantitative estimate of drug-likeness (QED) is 0.526. The van der Waals surface area contributed by atoms with Gasteiger partial charge in [0, 0.05) is 13.6 Å². The van der Waals surface area contributed by atoms with Gasteiger partial charge in [0.1, 0.15) is 17.3 Å². The molecular formula is C20H22FN5O2S.